The van der Waals surface area contributed by atoms with E-state index in [-0.39, 0.29) is 5.91 Å². The van der Waals surface area contributed by atoms with Gasteiger partial charge in [0.05, 0.1) is 6.54 Å². The lowest BCUT2D eigenvalue weighted by atomic mass is 10.1. The predicted octanol–water partition coefficient (Wildman–Crippen LogP) is 2.97. The average Bonchev–Trinajstić information content (AvgIpc) is 2.76. The van der Waals surface area contributed by atoms with Crippen molar-refractivity contribution in [2.75, 3.05) is 13.1 Å². The number of nitrogens with zero attached hydrogens (tertiary/aromatic N) is 2. The fraction of sp³-hybridized carbons (Fsp3) is 0.429. The van der Waals surface area contributed by atoms with Gasteiger partial charge >= 0.3 is 0 Å². The van der Waals surface area contributed by atoms with Crippen LogP contribution in [0.5, 0.6) is 0 Å². The third-order valence-corrected chi connectivity index (χ3v) is 3.04. The summed E-state index contributed by atoms with van der Waals surface area (Å²) in [4.78, 5) is 18.3. The van der Waals surface area contributed by atoms with Crippen LogP contribution in [0.1, 0.15) is 25.8 Å². The highest BCUT2D eigenvalue weighted by molar-refractivity contribution is 6.31. The number of hydrogen-bond donors (Lipinski definition) is 0. The molecule has 1 aliphatic rings. The zero-order valence-corrected chi connectivity index (χ0v) is 11.4. The van der Waals surface area contributed by atoms with Gasteiger partial charge in [0.25, 0.3) is 0 Å². The maximum absolute atomic E-state index is 12.1. The fourth-order valence-corrected chi connectivity index (χ4v) is 2.21. The normalized spacial score (nSPS) is 15.1. The second-order valence-electron chi connectivity index (χ2n) is 4.86. The molecule has 0 fully saturated rings. The van der Waals surface area contributed by atoms with Gasteiger partial charge in [-0.2, -0.15) is 0 Å². The van der Waals surface area contributed by atoms with Gasteiger partial charge in [-0.25, -0.2) is 0 Å². The maximum atomic E-state index is 12.1. The van der Waals surface area contributed by atoms with E-state index in [4.69, 9.17) is 11.6 Å². The van der Waals surface area contributed by atoms with Crippen molar-refractivity contribution in [1.82, 2.24) is 4.90 Å². The molecule has 0 N–H and O–H groups in total. The molecule has 1 aliphatic heterocycles. The van der Waals surface area contributed by atoms with E-state index < -0.39 is 0 Å². The molecule has 0 unspecified atom stereocenters. The molecular weight excluding hydrogens is 248 g/mol. The first kappa shape index (κ1) is 13.1. The zero-order chi connectivity index (χ0) is 13.1. The molecule has 96 valence electrons. The van der Waals surface area contributed by atoms with Gasteiger partial charge in [-0.1, -0.05) is 37.6 Å². The summed E-state index contributed by atoms with van der Waals surface area (Å²) >= 11 is 5.98. The summed E-state index contributed by atoms with van der Waals surface area (Å²) in [6.07, 6.45) is 0.555. The molecule has 1 aromatic carbocycles. The van der Waals surface area contributed by atoms with Gasteiger partial charge in [0.1, 0.15) is 5.84 Å². The second kappa shape index (κ2) is 5.53. The summed E-state index contributed by atoms with van der Waals surface area (Å²) in [5.41, 5.74) is 0.914. The van der Waals surface area contributed by atoms with Gasteiger partial charge in [-0.05, 0) is 18.1 Å². The lowest BCUT2D eigenvalue weighted by Gasteiger charge is -2.19. The van der Waals surface area contributed by atoms with Crippen LogP contribution in [0.25, 0.3) is 0 Å². The molecule has 0 saturated carbocycles. The third kappa shape index (κ3) is 2.91. The van der Waals surface area contributed by atoms with Crippen molar-refractivity contribution in [3.05, 3.63) is 34.9 Å². The van der Waals surface area contributed by atoms with Gasteiger partial charge in [0.2, 0.25) is 5.91 Å². The largest absolute Gasteiger partial charge is 0.295 e. The molecule has 0 aliphatic carbocycles. The summed E-state index contributed by atoms with van der Waals surface area (Å²) < 4.78 is 0. The van der Waals surface area contributed by atoms with Gasteiger partial charge in [0.15, 0.2) is 0 Å². The third-order valence-electron chi connectivity index (χ3n) is 2.81. The summed E-state index contributed by atoms with van der Waals surface area (Å²) in [6, 6.07) is 7.48. The molecule has 0 spiro atoms. The van der Waals surface area contributed by atoms with E-state index in [2.05, 4.69) is 4.99 Å². The minimum atomic E-state index is 0.140. The highest BCUT2D eigenvalue weighted by Crippen LogP contribution is 2.17. The zero-order valence-electron chi connectivity index (χ0n) is 10.7. The van der Waals surface area contributed by atoms with Crippen LogP contribution in [-0.4, -0.2) is 29.7 Å². The monoisotopic (exact) mass is 264 g/mol. The van der Waals surface area contributed by atoms with Crippen molar-refractivity contribution in [2.24, 2.45) is 10.9 Å². The van der Waals surface area contributed by atoms with Gasteiger partial charge in [0, 0.05) is 23.6 Å². The van der Waals surface area contributed by atoms with E-state index in [0.717, 1.165) is 11.4 Å². The smallest absolute Gasteiger partial charge is 0.228 e. The number of halogens is 1. The summed E-state index contributed by atoms with van der Waals surface area (Å²) in [6.45, 7) is 5.44. The molecule has 18 heavy (non-hydrogen) atoms. The van der Waals surface area contributed by atoms with E-state index in [9.17, 15) is 4.79 Å². The van der Waals surface area contributed by atoms with Crippen molar-refractivity contribution in [3.8, 4) is 0 Å². The molecular formula is C14H17ClN2O. The number of hydrogen-bond acceptors (Lipinski definition) is 2. The number of rotatable bonds is 3. The first-order valence-electron chi connectivity index (χ1n) is 6.18. The van der Waals surface area contributed by atoms with Crippen LogP contribution < -0.4 is 0 Å². The van der Waals surface area contributed by atoms with Crippen LogP contribution in [0.2, 0.25) is 5.02 Å². The van der Waals surface area contributed by atoms with Crippen LogP contribution in [0.4, 0.5) is 0 Å². The lowest BCUT2D eigenvalue weighted by molar-refractivity contribution is -0.127. The van der Waals surface area contributed by atoms with E-state index >= 15 is 0 Å². The number of carbonyl (C=O) groups excluding carboxylic acids is 1. The molecule has 1 heterocycles. The highest BCUT2D eigenvalue weighted by Gasteiger charge is 2.25. The van der Waals surface area contributed by atoms with Crippen molar-refractivity contribution < 1.29 is 4.79 Å². The second-order valence-corrected chi connectivity index (χ2v) is 5.30. The van der Waals surface area contributed by atoms with E-state index in [1.807, 2.05) is 38.1 Å². The van der Waals surface area contributed by atoms with Crippen LogP contribution in [0.15, 0.2) is 29.3 Å². The van der Waals surface area contributed by atoms with Gasteiger partial charge in [-0.3, -0.25) is 14.7 Å². The Balaban J connectivity index is 2.20. The molecule has 2 rings (SSSR count). The quantitative estimate of drug-likeness (QED) is 0.826. The van der Waals surface area contributed by atoms with E-state index in [1.54, 1.807) is 4.90 Å². The van der Waals surface area contributed by atoms with Crippen LogP contribution in [0, 0.1) is 5.92 Å². The number of benzene rings is 1. The van der Waals surface area contributed by atoms with Crippen LogP contribution in [0.3, 0.4) is 0 Å². The SMILES string of the molecule is CC(C)CC(=O)N1CCN=C1c1cccc(Cl)c1. The number of carbonyl (C=O) groups is 1. The molecule has 4 heteroatoms. The summed E-state index contributed by atoms with van der Waals surface area (Å²) in [5.74, 6) is 1.25. The minimum absolute atomic E-state index is 0.140. The summed E-state index contributed by atoms with van der Waals surface area (Å²) in [7, 11) is 0. The number of amidine groups is 1. The Kier molecular flexibility index (Phi) is 4.02. The Morgan fingerprint density at radius 3 is 2.94 bits per heavy atom. The van der Waals surface area contributed by atoms with Crippen molar-refractivity contribution in [1.29, 1.82) is 0 Å². The van der Waals surface area contributed by atoms with Gasteiger partial charge in [-0.15, -0.1) is 0 Å². The Labute approximate surface area is 112 Å². The number of aliphatic imine (C=N–C) groups is 1. The topological polar surface area (TPSA) is 32.7 Å². The first-order valence-corrected chi connectivity index (χ1v) is 6.56. The van der Waals surface area contributed by atoms with E-state index in [1.165, 1.54) is 0 Å². The average molecular weight is 265 g/mol. The number of amides is 1. The lowest BCUT2D eigenvalue weighted by Crippen LogP contribution is -2.35. The standard InChI is InChI=1S/C14H17ClN2O/c1-10(2)8-13(18)17-7-6-16-14(17)11-4-3-5-12(15)9-11/h3-5,9-10H,6-8H2,1-2H3. The van der Waals surface area contributed by atoms with Crippen LogP contribution >= 0.6 is 11.6 Å². The molecule has 0 aromatic heterocycles. The molecule has 0 radical (unpaired) electrons. The van der Waals surface area contributed by atoms with Crippen molar-refractivity contribution in [2.45, 2.75) is 20.3 Å². The molecule has 0 saturated heterocycles. The Bertz CT molecular complexity index is 482. The Morgan fingerprint density at radius 1 is 1.50 bits per heavy atom. The predicted molar refractivity (Wildman–Crippen MR) is 74.0 cm³/mol. The van der Waals surface area contributed by atoms with Crippen LogP contribution in [-0.2, 0) is 4.79 Å². The summed E-state index contributed by atoms with van der Waals surface area (Å²) in [5, 5.41) is 0.665. The molecule has 1 amide bonds. The van der Waals surface area contributed by atoms with E-state index in [0.29, 0.717) is 30.5 Å². The van der Waals surface area contributed by atoms with Gasteiger partial charge < -0.3 is 0 Å². The van der Waals surface area contributed by atoms with Crippen molar-refractivity contribution in [3.63, 3.8) is 0 Å². The molecule has 1 aromatic rings. The van der Waals surface area contributed by atoms with Crippen molar-refractivity contribution >= 4 is 23.3 Å². The Morgan fingerprint density at radius 2 is 2.28 bits per heavy atom. The molecule has 0 atom stereocenters. The highest BCUT2D eigenvalue weighted by atomic mass is 35.5. The Hall–Kier alpha value is -1.35. The maximum Gasteiger partial charge on any atom is 0.228 e. The fourth-order valence-electron chi connectivity index (χ4n) is 2.02. The minimum Gasteiger partial charge on any atom is -0.295 e. The first-order chi connectivity index (χ1) is 8.58. The molecule has 3 nitrogen and oxygen atoms in total. The molecule has 0 bridgehead atoms.